The molecule has 2 atom stereocenters. The molecule has 2 aliphatic heterocycles. The summed E-state index contributed by atoms with van der Waals surface area (Å²) in [6.45, 7) is 4.08. The Balaban J connectivity index is 0.00000261. The highest BCUT2D eigenvalue weighted by molar-refractivity contribution is 5.86. The molecule has 0 saturated carbocycles. The Morgan fingerprint density at radius 3 is 2.67 bits per heavy atom. The van der Waals surface area contributed by atoms with Crippen molar-refractivity contribution in [1.29, 1.82) is 5.26 Å². The molecule has 2 fully saturated rings. The van der Waals surface area contributed by atoms with Gasteiger partial charge in [-0.15, -0.1) is 12.4 Å². The van der Waals surface area contributed by atoms with Crippen molar-refractivity contribution in [3.63, 3.8) is 0 Å². The lowest BCUT2D eigenvalue weighted by Crippen LogP contribution is -2.49. The topological polar surface area (TPSA) is 74.6 Å². The third kappa shape index (κ3) is 4.99. The summed E-state index contributed by atoms with van der Waals surface area (Å²) in [6, 6.07) is 12.5. The first-order valence-corrected chi connectivity index (χ1v) is 9.25. The Morgan fingerprint density at radius 2 is 2.04 bits per heavy atom. The van der Waals surface area contributed by atoms with Crippen LogP contribution in [0, 0.1) is 16.7 Å². The second-order valence-corrected chi connectivity index (χ2v) is 7.16. The van der Waals surface area contributed by atoms with Crippen molar-refractivity contribution in [1.82, 2.24) is 10.2 Å². The van der Waals surface area contributed by atoms with E-state index in [0.29, 0.717) is 32.7 Å². The molecule has 0 spiro atoms. The average molecular weight is 394 g/mol. The minimum absolute atomic E-state index is 0. The zero-order valence-electron chi connectivity index (χ0n) is 15.7. The normalized spacial score (nSPS) is 24.6. The molecular formula is C20H28ClN3O3. The first-order chi connectivity index (χ1) is 12.7. The fourth-order valence-electron chi connectivity index (χ4n) is 3.89. The molecule has 27 heavy (non-hydrogen) atoms. The molecule has 1 amide bonds. The van der Waals surface area contributed by atoms with Crippen molar-refractivity contribution in [2.24, 2.45) is 5.41 Å². The van der Waals surface area contributed by atoms with Crippen molar-refractivity contribution in [2.45, 2.75) is 24.8 Å². The third-order valence-corrected chi connectivity index (χ3v) is 5.55. The number of amides is 1. The Hall–Kier alpha value is -1.65. The molecule has 0 unspecified atom stereocenters. The zero-order chi connectivity index (χ0) is 18.4. The number of nitrogens with one attached hydrogen (secondary N) is 1. The van der Waals surface area contributed by atoms with E-state index in [4.69, 9.17) is 9.47 Å². The van der Waals surface area contributed by atoms with Gasteiger partial charge in [-0.25, -0.2) is 0 Å². The van der Waals surface area contributed by atoms with Crippen LogP contribution in [-0.4, -0.2) is 63.4 Å². The van der Waals surface area contributed by atoms with Crippen LogP contribution in [0.5, 0.6) is 0 Å². The Labute approximate surface area is 167 Å². The number of carbonyl (C=O) groups is 1. The van der Waals surface area contributed by atoms with E-state index in [1.165, 1.54) is 5.56 Å². The standard InChI is InChI=1S/C20H27N3O3.ClH/c1-25-12-9-23-13-17(16-5-3-2-4-6-16)18(14-23)22-19(24)20(15-21)7-10-26-11-8-20;/h2-6,17-18H,7-14H2,1H3,(H,22,24);1H/t17-,18+;/m1./s1. The Morgan fingerprint density at radius 1 is 1.33 bits per heavy atom. The maximum absolute atomic E-state index is 13.0. The van der Waals surface area contributed by atoms with Gasteiger partial charge in [0.15, 0.2) is 0 Å². The van der Waals surface area contributed by atoms with Gasteiger partial charge < -0.3 is 14.8 Å². The monoisotopic (exact) mass is 393 g/mol. The fraction of sp³-hybridized carbons (Fsp3) is 0.600. The van der Waals surface area contributed by atoms with E-state index in [1.54, 1.807) is 7.11 Å². The van der Waals surface area contributed by atoms with Crippen LogP contribution in [0.25, 0.3) is 0 Å². The van der Waals surface area contributed by atoms with E-state index in [2.05, 4.69) is 28.4 Å². The number of methoxy groups -OCH3 is 1. The number of hydrogen-bond acceptors (Lipinski definition) is 5. The van der Waals surface area contributed by atoms with Gasteiger partial charge in [-0.2, -0.15) is 5.26 Å². The number of ether oxygens (including phenoxy) is 2. The van der Waals surface area contributed by atoms with Gasteiger partial charge in [0, 0.05) is 51.9 Å². The van der Waals surface area contributed by atoms with Crippen LogP contribution < -0.4 is 5.32 Å². The van der Waals surface area contributed by atoms with Gasteiger partial charge in [0.1, 0.15) is 5.41 Å². The molecule has 0 aliphatic carbocycles. The van der Waals surface area contributed by atoms with Crippen LogP contribution >= 0.6 is 12.4 Å². The minimum atomic E-state index is -0.959. The summed E-state index contributed by atoms with van der Waals surface area (Å²) in [5.41, 5.74) is 0.259. The minimum Gasteiger partial charge on any atom is -0.383 e. The quantitative estimate of drug-likeness (QED) is 0.799. The predicted octanol–water partition coefficient (Wildman–Crippen LogP) is 1.96. The summed E-state index contributed by atoms with van der Waals surface area (Å²) in [6.07, 6.45) is 0.927. The molecule has 1 aromatic carbocycles. The van der Waals surface area contributed by atoms with Crippen LogP contribution in [0.1, 0.15) is 24.3 Å². The molecule has 2 aliphatic rings. The van der Waals surface area contributed by atoms with Crippen molar-refractivity contribution in [3.8, 4) is 6.07 Å². The van der Waals surface area contributed by atoms with Gasteiger partial charge in [0.05, 0.1) is 12.7 Å². The molecule has 7 heteroatoms. The maximum Gasteiger partial charge on any atom is 0.240 e. The molecule has 6 nitrogen and oxygen atoms in total. The molecule has 2 saturated heterocycles. The summed E-state index contributed by atoms with van der Waals surface area (Å²) in [5.74, 6) is 0.0652. The van der Waals surface area contributed by atoms with Crippen LogP contribution in [0.4, 0.5) is 0 Å². The summed E-state index contributed by atoms with van der Waals surface area (Å²) in [5, 5.41) is 12.8. The highest BCUT2D eigenvalue weighted by Gasteiger charge is 2.43. The lowest BCUT2D eigenvalue weighted by Gasteiger charge is -2.31. The van der Waals surface area contributed by atoms with E-state index in [0.717, 1.165) is 19.6 Å². The van der Waals surface area contributed by atoms with Gasteiger partial charge in [0.25, 0.3) is 0 Å². The molecule has 0 radical (unpaired) electrons. The van der Waals surface area contributed by atoms with E-state index >= 15 is 0 Å². The van der Waals surface area contributed by atoms with E-state index in [1.807, 2.05) is 18.2 Å². The van der Waals surface area contributed by atoms with Crippen LogP contribution in [0.15, 0.2) is 30.3 Å². The smallest absolute Gasteiger partial charge is 0.240 e. The molecule has 0 bridgehead atoms. The summed E-state index contributed by atoms with van der Waals surface area (Å²) in [7, 11) is 1.70. The summed E-state index contributed by atoms with van der Waals surface area (Å²) < 4.78 is 10.5. The second-order valence-electron chi connectivity index (χ2n) is 7.16. The highest BCUT2D eigenvalue weighted by Crippen LogP contribution is 2.32. The largest absolute Gasteiger partial charge is 0.383 e. The summed E-state index contributed by atoms with van der Waals surface area (Å²) >= 11 is 0. The number of nitrogens with zero attached hydrogens (tertiary/aromatic N) is 2. The molecular weight excluding hydrogens is 366 g/mol. The van der Waals surface area contributed by atoms with Crippen LogP contribution in [-0.2, 0) is 14.3 Å². The first kappa shape index (κ1) is 21.6. The van der Waals surface area contributed by atoms with E-state index in [-0.39, 0.29) is 30.3 Å². The zero-order valence-corrected chi connectivity index (χ0v) is 16.5. The number of rotatable bonds is 6. The molecule has 148 valence electrons. The lowest BCUT2D eigenvalue weighted by molar-refractivity contribution is -0.133. The first-order valence-electron chi connectivity index (χ1n) is 9.25. The number of hydrogen-bond donors (Lipinski definition) is 1. The molecule has 2 heterocycles. The number of nitriles is 1. The summed E-state index contributed by atoms with van der Waals surface area (Å²) in [4.78, 5) is 15.3. The van der Waals surface area contributed by atoms with Crippen molar-refractivity contribution < 1.29 is 14.3 Å². The number of likely N-dealkylation sites (tertiary alicyclic amines) is 1. The van der Waals surface area contributed by atoms with Gasteiger partial charge in [-0.1, -0.05) is 30.3 Å². The highest BCUT2D eigenvalue weighted by atomic mass is 35.5. The average Bonchev–Trinajstić information content (AvgIpc) is 3.10. The number of carbonyl (C=O) groups excluding carboxylic acids is 1. The number of benzene rings is 1. The Kier molecular flexibility index (Phi) is 8.06. The third-order valence-electron chi connectivity index (χ3n) is 5.55. The molecule has 0 aromatic heterocycles. The van der Waals surface area contributed by atoms with Gasteiger partial charge in [-0.3, -0.25) is 9.69 Å². The molecule has 1 aromatic rings. The second kappa shape index (κ2) is 10.0. The van der Waals surface area contributed by atoms with Crippen molar-refractivity contribution in [3.05, 3.63) is 35.9 Å². The van der Waals surface area contributed by atoms with Crippen LogP contribution in [0.3, 0.4) is 0 Å². The maximum atomic E-state index is 13.0. The Bertz CT molecular complexity index is 644. The van der Waals surface area contributed by atoms with Crippen molar-refractivity contribution in [2.75, 3.05) is 46.6 Å². The lowest BCUT2D eigenvalue weighted by atomic mass is 9.80. The molecule has 1 N–H and O–H groups in total. The van der Waals surface area contributed by atoms with Gasteiger partial charge in [0.2, 0.25) is 5.91 Å². The predicted molar refractivity (Wildman–Crippen MR) is 105 cm³/mol. The molecule has 3 rings (SSSR count). The van der Waals surface area contributed by atoms with Crippen LogP contribution in [0.2, 0.25) is 0 Å². The van der Waals surface area contributed by atoms with Crippen molar-refractivity contribution >= 4 is 18.3 Å². The fourth-order valence-corrected chi connectivity index (χ4v) is 3.89. The van der Waals surface area contributed by atoms with Gasteiger partial charge in [-0.05, 0) is 18.4 Å². The van der Waals surface area contributed by atoms with Gasteiger partial charge >= 0.3 is 0 Å². The van der Waals surface area contributed by atoms with E-state index in [9.17, 15) is 10.1 Å². The number of halogens is 1. The SMILES string of the molecule is COCCN1C[C@H](NC(=O)C2(C#N)CCOCC2)[C@@H](c2ccccc2)C1.Cl. The van der Waals surface area contributed by atoms with E-state index < -0.39 is 5.41 Å².